The van der Waals surface area contributed by atoms with Gasteiger partial charge in [-0.05, 0) is 17.7 Å². The van der Waals surface area contributed by atoms with Crippen molar-refractivity contribution in [1.29, 1.82) is 10.5 Å². The number of halogens is 1. The van der Waals surface area contributed by atoms with Crippen molar-refractivity contribution >= 4 is 27.5 Å². The monoisotopic (exact) mass is 356 g/mol. The number of hydrazone groups is 1. The van der Waals surface area contributed by atoms with Gasteiger partial charge in [0, 0.05) is 4.47 Å². The molecule has 0 bridgehead atoms. The van der Waals surface area contributed by atoms with Gasteiger partial charge in [-0.3, -0.25) is 16.0 Å². The number of nitrogens with two attached hydrogens (primary N) is 1. The van der Waals surface area contributed by atoms with Crippen LogP contribution in [0.5, 0.6) is 0 Å². The first-order valence-electron chi connectivity index (χ1n) is 6.51. The number of fused-ring (bicyclic) bond motifs is 1. The molecular weight excluding hydrogens is 348 g/mol. The van der Waals surface area contributed by atoms with Gasteiger partial charge in [0.2, 0.25) is 11.7 Å². The number of carbonyl (C=O) groups is 1. The van der Waals surface area contributed by atoms with Crippen molar-refractivity contribution in [3.63, 3.8) is 0 Å². The Balaban J connectivity index is 1.92. The minimum Gasteiger partial charge on any atom is -0.317 e. The Labute approximate surface area is 133 Å². The molecule has 8 heteroatoms. The highest BCUT2D eigenvalue weighted by Crippen LogP contribution is 2.76. The second-order valence-electron chi connectivity index (χ2n) is 5.65. The third kappa shape index (κ3) is 1.09. The van der Waals surface area contributed by atoms with E-state index in [1.807, 2.05) is 30.3 Å². The van der Waals surface area contributed by atoms with Gasteiger partial charge in [0.25, 0.3) is 0 Å². The molecule has 1 saturated carbocycles. The molecule has 4 unspecified atom stereocenters. The van der Waals surface area contributed by atoms with Gasteiger partial charge in [-0.25, -0.2) is 0 Å². The number of benzene rings is 1. The molecule has 108 valence electrons. The lowest BCUT2D eigenvalue weighted by Gasteiger charge is -2.35. The summed E-state index contributed by atoms with van der Waals surface area (Å²) < 4.78 is 0.896. The summed E-state index contributed by atoms with van der Waals surface area (Å²) in [7, 11) is 0. The summed E-state index contributed by atoms with van der Waals surface area (Å²) >= 11 is 3.35. The van der Waals surface area contributed by atoms with Crippen molar-refractivity contribution in [3.8, 4) is 12.1 Å². The molecule has 2 aliphatic heterocycles. The lowest BCUT2D eigenvalue weighted by molar-refractivity contribution is -0.124. The van der Waals surface area contributed by atoms with Crippen LogP contribution in [0.15, 0.2) is 33.8 Å². The summed E-state index contributed by atoms with van der Waals surface area (Å²) in [4.78, 5) is 12.3. The fraction of sp³-hybridized carbons (Fsp3) is 0.286. The Kier molecular flexibility index (Phi) is 2.21. The van der Waals surface area contributed by atoms with E-state index in [9.17, 15) is 15.3 Å². The highest BCUT2D eigenvalue weighted by atomic mass is 79.9. The van der Waals surface area contributed by atoms with Crippen molar-refractivity contribution in [2.75, 3.05) is 0 Å². The van der Waals surface area contributed by atoms with E-state index in [0.29, 0.717) is 5.71 Å². The average Bonchev–Trinajstić information content (AvgIpc) is 3.08. The number of nitriles is 2. The smallest absolute Gasteiger partial charge is 0.246 e. The Hall–Kier alpha value is -2.42. The van der Waals surface area contributed by atoms with E-state index in [4.69, 9.17) is 5.73 Å². The van der Waals surface area contributed by atoms with E-state index >= 15 is 0 Å². The van der Waals surface area contributed by atoms with E-state index in [1.165, 1.54) is 0 Å². The molecule has 1 aromatic carbocycles. The molecule has 0 spiro atoms. The lowest BCUT2D eigenvalue weighted by atomic mass is 9.91. The van der Waals surface area contributed by atoms with Crippen LogP contribution < -0.4 is 16.5 Å². The third-order valence-corrected chi connectivity index (χ3v) is 5.34. The van der Waals surface area contributed by atoms with Gasteiger partial charge in [-0.2, -0.15) is 15.6 Å². The molecule has 4 atom stereocenters. The maximum atomic E-state index is 12.3. The summed E-state index contributed by atoms with van der Waals surface area (Å²) in [6.07, 6.45) is 0. The summed E-state index contributed by atoms with van der Waals surface area (Å²) in [6.45, 7) is 0. The van der Waals surface area contributed by atoms with Gasteiger partial charge in [-0.15, -0.1) is 0 Å². The standard InChI is InChI=1S/C14H9BrN6O/c15-8-3-1-7(2-4-8)9-10-12(5-16)11(22)19-14(18,21-20-9)13(10,12)6-17/h1-4,10,21H,18H2,(H,19,22). The number of rotatable bonds is 1. The van der Waals surface area contributed by atoms with Gasteiger partial charge in [0.15, 0.2) is 10.8 Å². The minimum absolute atomic E-state index is 0.506. The van der Waals surface area contributed by atoms with Crippen LogP contribution in [0.3, 0.4) is 0 Å². The van der Waals surface area contributed by atoms with Crippen LogP contribution in [0.4, 0.5) is 0 Å². The fourth-order valence-corrected chi connectivity index (χ4v) is 4.00. The van der Waals surface area contributed by atoms with E-state index in [2.05, 4.69) is 37.8 Å². The highest BCUT2D eigenvalue weighted by molar-refractivity contribution is 9.10. The van der Waals surface area contributed by atoms with Crippen LogP contribution >= 0.6 is 15.9 Å². The maximum Gasteiger partial charge on any atom is 0.246 e. The first-order valence-corrected chi connectivity index (χ1v) is 7.31. The first kappa shape index (κ1) is 13.3. The van der Waals surface area contributed by atoms with E-state index in [0.717, 1.165) is 10.0 Å². The van der Waals surface area contributed by atoms with Crippen molar-refractivity contribution in [1.82, 2.24) is 10.7 Å². The van der Waals surface area contributed by atoms with Gasteiger partial charge >= 0.3 is 0 Å². The zero-order valence-electron chi connectivity index (χ0n) is 11.1. The van der Waals surface area contributed by atoms with Crippen LogP contribution in [0.25, 0.3) is 0 Å². The normalized spacial score (nSPS) is 40.5. The maximum absolute atomic E-state index is 12.3. The first-order chi connectivity index (χ1) is 10.5. The molecule has 1 saturated heterocycles. The fourth-order valence-electron chi connectivity index (χ4n) is 3.74. The predicted molar refractivity (Wildman–Crippen MR) is 78.5 cm³/mol. The summed E-state index contributed by atoms with van der Waals surface area (Å²) in [5.41, 5.74) is 7.19. The average molecular weight is 357 g/mol. The number of hydrogen-bond donors (Lipinski definition) is 3. The molecule has 7 nitrogen and oxygen atoms in total. The highest BCUT2D eigenvalue weighted by Gasteiger charge is 2.96. The zero-order chi connectivity index (χ0) is 15.8. The molecule has 2 fully saturated rings. The van der Waals surface area contributed by atoms with Gasteiger partial charge in [0.05, 0.1) is 23.8 Å². The molecule has 22 heavy (non-hydrogen) atoms. The molecule has 2 heterocycles. The molecule has 4 rings (SSSR count). The molecule has 3 aliphatic rings. The van der Waals surface area contributed by atoms with Crippen LogP contribution in [0.2, 0.25) is 0 Å². The number of nitrogens with one attached hydrogen (secondary N) is 2. The van der Waals surface area contributed by atoms with Crippen LogP contribution in [-0.4, -0.2) is 17.4 Å². The number of hydrogen-bond acceptors (Lipinski definition) is 6. The van der Waals surface area contributed by atoms with Crippen molar-refractivity contribution in [2.45, 2.75) is 5.79 Å². The molecule has 0 aromatic heterocycles. The van der Waals surface area contributed by atoms with E-state index in [-0.39, 0.29) is 0 Å². The summed E-state index contributed by atoms with van der Waals surface area (Å²) in [5.74, 6) is -2.69. The van der Waals surface area contributed by atoms with E-state index < -0.39 is 28.4 Å². The second kappa shape index (κ2) is 3.67. The van der Waals surface area contributed by atoms with E-state index in [1.54, 1.807) is 0 Å². The number of amides is 1. The van der Waals surface area contributed by atoms with Gasteiger partial charge < -0.3 is 5.32 Å². The zero-order valence-corrected chi connectivity index (χ0v) is 12.7. The van der Waals surface area contributed by atoms with Crippen LogP contribution in [0, 0.1) is 39.4 Å². The molecule has 1 amide bonds. The number of carbonyl (C=O) groups excluding carboxylic acids is 1. The van der Waals surface area contributed by atoms with Crippen LogP contribution in [0.1, 0.15) is 5.56 Å². The Morgan fingerprint density at radius 2 is 1.95 bits per heavy atom. The predicted octanol–water partition coefficient (Wildman–Crippen LogP) is 0.148. The number of piperidine rings is 1. The van der Waals surface area contributed by atoms with Gasteiger partial charge in [0.1, 0.15) is 0 Å². The Morgan fingerprint density at radius 3 is 2.55 bits per heavy atom. The lowest BCUT2D eigenvalue weighted by Crippen LogP contribution is -2.68. The second-order valence-corrected chi connectivity index (χ2v) is 6.57. The Morgan fingerprint density at radius 1 is 1.27 bits per heavy atom. The third-order valence-electron chi connectivity index (χ3n) is 4.81. The summed E-state index contributed by atoms with van der Waals surface area (Å²) in [5, 5.41) is 26.0. The molecule has 1 aromatic rings. The Bertz CT molecular complexity index is 836. The van der Waals surface area contributed by atoms with Gasteiger partial charge in [-0.1, -0.05) is 28.1 Å². The van der Waals surface area contributed by atoms with Crippen LogP contribution in [-0.2, 0) is 4.79 Å². The topological polar surface area (TPSA) is 127 Å². The molecule has 0 radical (unpaired) electrons. The quantitative estimate of drug-likeness (QED) is 0.659. The van der Waals surface area contributed by atoms with Crippen molar-refractivity contribution in [2.24, 2.45) is 27.6 Å². The molecular formula is C14H9BrN6O. The molecule has 1 aliphatic carbocycles. The number of nitrogens with zero attached hydrogens (tertiary/aromatic N) is 3. The minimum atomic E-state index is -1.52. The van der Waals surface area contributed by atoms with Crippen molar-refractivity contribution in [3.05, 3.63) is 34.3 Å². The largest absolute Gasteiger partial charge is 0.317 e. The summed E-state index contributed by atoms with van der Waals surface area (Å²) in [6, 6.07) is 11.4. The van der Waals surface area contributed by atoms with Crippen molar-refractivity contribution < 1.29 is 4.79 Å². The SMILES string of the molecule is N#CC12C(=O)NC3(N)NN=C(c4ccc(Br)cc4)C1C32C#N. The molecule has 4 N–H and O–H groups in total.